The van der Waals surface area contributed by atoms with Gasteiger partial charge in [0.1, 0.15) is 11.5 Å². The fourth-order valence-corrected chi connectivity index (χ4v) is 6.41. The number of aryl methyl sites for hydroxylation is 1. The van der Waals surface area contributed by atoms with Crippen LogP contribution in [0.4, 0.5) is 0 Å². The summed E-state index contributed by atoms with van der Waals surface area (Å²) in [5.41, 5.74) is 5.02. The number of unbranched alkanes of at least 4 members (excludes halogenated alkanes) is 1. The largest absolute Gasteiger partial charge is 0.508 e. The highest BCUT2D eigenvalue weighted by Crippen LogP contribution is 2.47. The second-order valence-electron chi connectivity index (χ2n) is 10.5. The van der Waals surface area contributed by atoms with Crippen molar-refractivity contribution in [2.45, 2.75) is 52.4 Å². The molecule has 2 aliphatic rings. The molecule has 0 spiro atoms. The third kappa shape index (κ3) is 5.77. The van der Waals surface area contributed by atoms with Gasteiger partial charge < -0.3 is 14.7 Å². The summed E-state index contributed by atoms with van der Waals surface area (Å²) in [6.07, 6.45) is 11.4. The van der Waals surface area contributed by atoms with E-state index in [1.165, 1.54) is 55.6 Å². The molecule has 3 aromatic rings. The quantitative estimate of drug-likeness (QED) is 0.299. The Morgan fingerprint density at radius 2 is 1.94 bits per heavy atom. The number of phenolic OH excluding ortho intramolecular Hbond substituents is 1. The lowest BCUT2D eigenvalue weighted by atomic mass is 9.93. The first kappa shape index (κ1) is 24.9. The zero-order valence-electron chi connectivity index (χ0n) is 21.6. The Labute approximate surface area is 219 Å². The maximum Gasteiger partial charge on any atom is 0.153 e. The molecule has 36 heavy (non-hydrogen) atoms. The molecule has 2 heterocycles. The molecule has 0 amide bonds. The highest BCUT2D eigenvalue weighted by molar-refractivity contribution is 7.20. The lowest BCUT2D eigenvalue weighted by molar-refractivity contribution is 0.320. The third-order valence-electron chi connectivity index (χ3n) is 7.49. The number of likely N-dealkylation sites (tertiary alicyclic amines) is 1. The number of fused-ring (bicyclic) bond motifs is 1. The van der Waals surface area contributed by atoms with Crippen molar-refractivity contribution >= 4 is 27.0 Å². The fraction of sp³-hybridized carbons (Fsp3) is 0.375. The minimum absolute atomic E-state index is 0.270. The van der Waals surface area contributed by atoms with Crippen LogP contribution in [0.1, 0.15) is 56.4 Å². The standard InChI is InChI=1S/C32H37NO2S/c1-22-7-11-26(12-8-22)24(3)32-31(29-16-13-27(34)20-30(29)36-32)35-28-14-9-25(10-15-28)6-4-5-18-33-19-17-23(2)21-33/h7,9-11,13-16,20,23,34H,3-6,8,12,17-19,21H2,1-2H3. The van der Waals surface area contributed by atoms with Crippen LogP contribution in [0.5, 0.6) is 17.2 Å². The van der Waals surface area contributed by atoms with Gasteiger partial charge in [0.25, 0.3) is 0 Å². The maximum absolute atomic E-state index is 10.1. The molecular weight excluding hydrogens is 462 g/mol. The summed E-state index contributed by atoms with van der Waals surface area (Å²) in [4.78, 5) is 3.65. The van der Waals surface area contributed by atoms with Crippen LogP contribution >= 0.6 is 11.3 Å². The third-order valence-corrected chi connectivity index (χ3v) is 8.68. The summed E-state index contributed by atoms with van der Waals surface area (Å²) < 4.78 is 7.52. The molecule has 1 saturated heterocycles. The Morgan fingerprint density at radius 1 is 1.11 bits per heavy atom. The van der Waals surface area contributed by atoms with Gasteiger partial charge in [0.15, 0.2) is 5.75 Å². The van der Waals surface area contributed by atoms with Gasteiger partial charge in [0, 0.05) is 16.6 Å². The molecule has 5 rings (SSSR count). The minimum Gasteiger partial charge on any atom is -0.508 e. The normalized spacial score (nSPS) is 18.3. The van der Waals surface area contributed by atoms with Crippen LogP contribution in [0.25, 0.3) is 15.7 Å². The van der Waals surface area contributed by atoms with Crippen LogP contribution in [0.2, 0.25) is 0 Å². The zero-order chi connectivity index (χ0) is 25.1. The minimum atomic E-state index is 0.270. The van der Waals surface area contributed by atoms with E-state index in [0.717, 1.165) is 57.2 Å². The van der Waals surface area contributed by atoms with Crippen LogP contribution in [0.15, 0.2) is 72.3 Å². The molecule has 1 aromatic heterocycles. The summed E-state index contributed by atoms with van der Waals surface area (Å²) in [6.45, 7) is 12.7. The van der Waals surface area contributed by atoms with Crippen LogP contribution in [0.3, 0.4) is 0 Å². The number of aromatic hydroxyl groups is 1. The van der Waals surface area contributed by atoms with Crippen LogP contribution < -0.4 is 4.74 Å². The number of rotatable bonds is 9. The van der Waals surface area contributed by atoms with Crippen LogP contribution in [0, 0.1) is 5.92 Å². The van der Waals surface area contributed by atoms with Gasteiger partial charge in [0.05, 0.1) is 4.88 Å². The van der Waals surface area contributed by atoms with E-state index in [2.05, 4.69) is 61.7 Å². The molecule has 2 aromatic carbocycles. The predicted octanol–water partition coefficient (Wildman–Crippen LogP) is 8.74. The first-order chi connectivity index (χ1) is 17.5. The molecule has 4 heteroatoms. The molecule has 1 N–H and O–H groups in total. The van der Waals surface area contributed by atoms with E-state index in [0.29, 0.717) is 0 Å². The van der Waals surface area contributed by atoms with Crippen molar-refractivity contribution in [2.75, 3.05) is 19.6 Å². The van der Waals surface area contributed by atoms with E-state index in [9.17, 15) is 5.11 Å². The maximum atomic E-state index is 10.1. The highest BCUT2D eigenvalue weighted by Gasteiger charge is 2.21. The second kappa shape index (κ2) is 11.1. The van der Waals surface area contributed by atoms with Gasteiger partial charge in [-0.3, -0.25) is 0 Å². The van der Waals surface area contributed by atoms with Crippen molar-refractivity contribution in [2.24, 2.45) is 5.92 Å². The topological polar surface area (TPSA) is 32.7 Å². The summed E-state index contributed by atoms with van der Waals surface area (Å²) in [7, 11) is 0. The predicted molar refractivity (Wildman–Crippen MR) is 153 cm³/mol. The van der Waals surface area contributed by atoms with Gasteiger partial charge >= 0.3 is 0 Å². The van der Waals surface area contributed by atoms with Crippen molar-refractivity contribution in [1.29, 1.82) is 0 Å². The lowest BCUT2D eigenvalue weighted by Crippen LogP contribution is -2.21. The van der Waals surface area contributed by atoms with Gasteiger partial charge in [0.2, 0.25) is 0 Å². The molecule has 1 unspecified atom stereocenters. The molecule has 0 saturated carbocycles. The molecule has 1 aliphatic heterocycles. The van der Waals surface area contributed by atoms with Crippen molar-refractivity contribution in [1.82, 2.24) is 4.90 Å². The van der Waals surface area contributed by atoms with Gasteiger partial charge in [-0.1, -0.05) is 43.4 Å². The van der Waals surface area contributed by atoms with E-state index >= 15 is 0 Å². The van der Waals surface area contributed by atoms with E-state index in [4.69, 9.17) is 4.74 Å². The lowest BCUT2D eigenvalue weighted by Gasteiger charge is -2.16. The highest BCUT2D eigenvalue weighted by atomic mass is 32.1. The molecule has 1 fully saturated rings. The van der Waals surface area contributed by atoms with E-state index in [1.807, 2.05) is 12.1 Å². The van der Waals surface area contributed by atoms with Gasteiger partial charge in [-0.15, -0.1) is 11.3 Å². The van der Waals surface area contributed by atoms with Gasteiger partial charge in [-0.05, 0) is 111 Å². The van der Waals surface area contributed by atoms with E-state index < -0.39 is 0 Å². The zero-order valence-corrected chi connectivity index (χ0v) is 22.4. The molecule has 1 aliphatic carbocycles. The number of phenols is 1. The molecule has 1 atom stereocenters. The number of nitrogens with zero attached hydrogens (tertiary/aromatic N) is 1. The number of allylic oxidation sites excluding steroid dienone is 5. The van der Waals surface area contributed by atoms with Crippen molar-refractivity contribution in [3.63, 3.8) is 0 Å². The first-order valence-corrected chi connectivity index (χ1v) is 14.1. The average molecular weight is 500 g/mol. The van der Waals surface area contributed by atoms with E-state index in [1.54, 1.807) is 17.4 Å². The Bertz CT molecular complexity index is 1300. The fourth-order valence-electron chi connectivity index (χ4n) is 5.24. The monoisotopic (exact) mass is 499 g/mol. The molecule has 188 valence electrons. The smallest absolute Gasteiger partial charge is 0.153 e. The SMILES string of the molecule is C=C(C1=CC=C(C)CC1)c1sc2cc(O)ccc2c1Oc1ccc(CCCCN2CCC(C)C2)cc1. The molecule has 0 bridgehead atoms. The Kier molecular flexibility index (Phi) is 7.64. The first-order valence-electron chi connectivity index (χ1n) is 13.3. The van der Waals surface area contributed by atoms with Crippen LogP contribution in [-0.2, 0) is 6.42 Å². The summed E-state index contributed by atoms with van der Waals surface area (Å²) in [6, 6.07) is 14.0. The second-order valence-corrected chi connectivity index (χ2v) is 11.6. The Balaban J connectivity index is 1.29. The average Bonchev–Trinajstić information content (AvgIpc) is 3.45. The van der Waals surface area contributed by atoms with Gasteiger partial charge in [-0.25, -0.2) is 0 Å². The van der Waals surface area contributed by atoms with Crippen molar-refractivity contribution in [3.05, 3.63) is 82.8 Å². The van der Waals surface area contributed by atoms with E-state index in [-0.39, 0.29) is 5.75 Å². The summed E-state index contributed by atoms with van der Waals surface area (Å²) in [5.74, 6) is 2.80. The number of thiophene rings is 1. The number of hydrogen-bond acceptors (Lipinski definition) is 4. The Morgan fingerprint density at radius 3 is 2.67 bits per heavy atom. The molecule has 0 radical (unpaired) electrons. The molecule has 3 nitrogen and oxygen atoms in total. The number of benzene rings is 2. The number of hydrogen-bond donors (Lipinski definition) is 1. The van der Waals surface area contributed by atoms with Gasteiger partial charge in [-0.2, -0.15) is 0 Å². The summed E-state index contributed by atoms with van der Waals surface area (Å²) >= 11 is 1.64. The van der Waals surface area contributed by atoms with Crippen molar-refractivity contribution < 1.29 is 9.84 Å². The Hall–Kier alpha value is -2.82. The summed E-state index contributed by atoms with van der Waals surface area (Å²) in [5, 5.41) is 11.1. The number of ether oxygens (including phenoxy) is 1. The van der Waals surface area contributed by atoms with Crippen molar-refractivity contribution in [3.8, 4) is 17.2 Å². The molecular formula is C32H37NO2S. The van der Waals surface area contributed by atoms with Crippen LogP contribution in [-0.4, -0.2) is 29.6 Å².